The monoisotopic (exact) mass is 661 g/mol. The Hall–Kier alpha value is -3.52. The van der Waals surface area contributed by atoms with E-state index in [9.17, 15) is 35.9 Å². The molecule has 14 heteroatoms. The molecular formula is C32H41F6N3O5. The van der Waals surface area contributed by atoms with E-state index in [1.54, 1.807) is 20.8 Å². The molecule has 0 aromatic heterocycles. The van der Waals surface area contributed by atoms with E-state index in [1.807, 2.05) is 61.2 Å². The predicted molar refractivity (Wildman–Crippen MR) is 159 cm³/mol. The molecule has 1 aliphatic rings. The van der Waals surface area contributed by atoms with Crippen molar-refractivity contribution in [2.24, 2.45) is 0 Å². The fourth-order valence-corrected chi connectivity index (χ4v) is 4.83. The fourth-order valence-electron chi connectivity index (χ4n) is 4.83. The first-order valence-corrected chi connectivity index (χ1v) is 14.8. The molecule has 1 aliphatic heterocycles. The summed E-state index contributed by atoms with van der Waals surface area (Å²) in [5, 5.41) is 0. The van der Waals surface area contributed by atoms with E-state index < -0.39 is 36.1 Å². The van der Waals surface area contributed by atoms with Gasteiger partial charge < -0.3 is 24.0 Å². The van der Waals surface area contributed by atoms with Crippen LogP contribution in [-0.2, 0) is 32.1 Å². The Morgan fingerprint density at radius 2 is 1.46 bits per heavy atom. The highest BCUT2D eigenvalue weighted by Gasteiger charge is 2.60. The summed E-state index contributed by atoms with van der Waals surface area (Å²) in [6.07, 6.45) is -17.4. The molecule has 2 aromatic rings. The Bertz CT molecular complexity index is 1290. The smallest absolute Gasteiger partial charge is 0.434 e. The number of rotatable bonds is 11. The molecule has 0 atom stereocenters. The molecule has 1 heterocycles. The molecule has 1 fully saturated rings. The van der Waals surface area contributed by atoms with Crippen molar-refractivity contribution in [2.75, 3.05) is 50.8 Å². The van der Waals surface area contributed by atoms with Crippen molar-refractivity contribution in [3.63, 3.8) is 0 Å². The number of halogens is 6. The second-order valence-corrected chi connectivity index (χ2v) is 12.3. The first-order chi connectivity index (χ1) is 21.3. The number of carbonyl (C=O) groups is 2. The van der Waals surface area contributed by atoms with E-state index in [0.29, 0.717) is 19.6 Å². The fraction of sp³-hybridized carbons (Fsp3) is 0.562. The normalized spacial score (nSPS) is 14.8. The number of ether oxygens (including phenoxy) is 3. The minimum absolute atomic E-state index is 0.103. The predicted octanol–water partition coefficient (Wildman–Crippen LogP) is 6.42. The molecule has 2 aromatic carbocycles. The summed E-state index contributed by atoms with van der Waals surface area (Å²) in [7, 11) is 0. The first kappa shape index (κ1) is 36.9. The summed E-state index contributed by atoms with van der Waals surface area (Å²) in [4.78, 5) is 29.3. The second-order valence-electron chi connectivity index (χ2n) is 12.3. The van der Waals surface area contributed by atoms with Gasteiger partial charge in [0, 0.05) is 51.5 Å². The highest BCUT2D eigenvalue weighted by atomic mass is 19.4. The van der Waals surface area contributed by atoms with Gasteiger partial charge in [0.05, 0.1) is 6.61 Å². The summed E-state index contributed by atoms with van der Waals surface area (Å²) in [6, 6.07) is 14.0. The quantitative estimate of drug-likeness (QED) is 0.157. The molecule has 0 radical (unpaired) electrons. The highest BCUT2D eigenvalue weighted by Crippen LogP contribution is 2.36. The number of hydrogen-bond acceptors (Lipinski definition) is 7. The zero-order valence-electron chi connectivity index (χ0n) is 26.6. The number of carbonyl (C=O) groups excluding carboxylic acids is 2. The van der Waals surface area contributed by atoms with Crippen LogP contribution in [-0.4, -0.2) is 91.9 Å². The molecule has 0 aliphatic carbocycles. The largest absolute Gasteiger partial charge is 0.458 e. The number of nitrogens with zero attached hydrogens (tertiary/aromatic N) is 3. The van der Waals surface area contributed by atoms with E-state index in [4.69, 9.17) is 9.47 Å². The summed E-state index contributed by atoms with van der Waals surface area (Å²) in [5.74, 6) is -0.468. The number of aryl methyl sites for hydroxylation is 2. The lowest BCUT2D eigenvalue weighted by Gasteiger charge is -2.36. The van der Waals surface area contributed by atoms with Gasteiger partial charge in [0.15, 0.2) is 0 Å². The van der Waals surface area contributed by atoms with Gasteiger partial charge in [-0.2, -0.15) is 26.3 Å². The summed E-state index contributed by atoms with van der Waals surface area (Å²) < 4.78 is 92.0. The van der Waals surface area contributed by atoms with Crippen LogP contribution in [0.4, 0.5) is 36.8 Å². The molecule has 256 valence electrons. The van der Waals surface area contributed by atoms with Crippen molar-refractivity contribution in [2.45, 2.75) is 71.8 Å². The number of piperazine rings is 1. The molecular weight excluding hydrogens is 620 g/mol. The average Bonchev–Trinajstić information content (AvgIpc) is 2.93. The number of benzene rings is 2. The van der Waals surface area contributed by atoms with Crippen molar-refractivity contribution < 1.29 is 50.1 Å². The SMILES string of the molecule is Cc1ccc(CN(CCOCC(=O)OC(C)(C)C)c2cc(C)ccc2CN2CCN(C(=O)OC(C(F)(F)F)C(F)(F)F)CC2)cc1. The number of esters is 1. The van der Waals surface area contributed by atoms with Gasteiger partial charge in [-0.05, 0) is 57.4 Å². The van der Waals surface area contributed by atoms with Crippen molar-refractivity contribution in [1.29, 1.82) is 0 Å². The van der Waals surface area contributed by atoms with Crippen molar-refractivity contribution >= 4 is 17.7 Å². The number of hydrogen-bond donors (Lipinski definition) is 0. The van der Waals surface area contributed by atoms with Crippen LogP contribution in [0.3, 0.4) is 0 Å². The maximum absolute atomic E-state index is 12.9. The lowest BCUT2D eigenvalue weighted by atomic mass is 10.1. The van der Waals surface area contributed by atoms with Gasteiger partial charge in [-0.1, -0.05) is 42.0 Å². The Balaban J connectivity index is 1.70. The van der Waals surface area contributed by atoms with Crippen LogP contribution in [0.5, 0.6) is 0 Å². The number of amides is 1. The standard InChI is InChI=1S/C32H41F6N3O5/c1-22-6-9-24(10-7-22)19-41(16-17-44-21-27(42)46-30(3,4)5)26-18-23(2)8-11-25(26)20-39-12-14-40(15-13-39)29(43)45-28(31(33,34)35)32(36,37)38/h6-11,18,28H,12-17,19-21H2,1-5H3. The van der Waals surface area contributed by atoms with Crippen LogP contribution in [0.2, 0.25) is 0 Å². The van der Waals surface area contributed by atoms with Crippen LogP contribution in [0.15, 0.2) is 42.5 Å². The molecule has 0 unspecified atom stereocenters. The van der Waals surface area contributed by atoms with Gasteiger partial charge in [0.2, 0.25) is 0 Å². The van der Waals surface area contributed by atoms with Gasteiger partial charge in [0.25, 0.3) is 6.10 Å². The average molecular weight is 662 g/mol. The van der Waals surface area contributed by atoms with E-state index >= 15 is 0 Å². The van der Waals surface area contributed by atoms with E-state index in [2.05, 4.69) is 9.64 Å². The molecule has 8 nitrogen and oxygen atoms in total. The molecule has 3 rings (SSSR count). The summed E-state index contributed by atoms with van der Waals surface area (Å²) in [6.45, 7) is 10.9. The van der Waals surface area contributed by atoms with Crippen LogP contribution in [0.25, 0.3) is 0 Å². The zero-order valence-corrected chi connectivity index (χ0v) is 26.6. The minimum Gasteiger partial charge on any atom is -0.458 e. The number of anilines is 1. The topological polar surface area (TPSA) is 71.5 Å². The maximum atomic E-state index is 12.9. The van der Waals surface area contributed by atoms with Crippen LogP contribution in [0.1, 0.15) is 43.0 Å². The van der Waals surface area contributed by atoms with Gasteiger partial charge in [-0.25, -0.2) is 9.59 Å². The molecule has 0 N–H and O–H groups in total. The molecule has 0 spiro atoms. The highest BCUT2D eigenvalue weighted by molar-refractivity contribution is 5.71. The molecule has 0 saturated carbocycles. The third-order valence-electron chi connectivity index (χ3n) is 7.06. The second kappa shape index (κ2) is 15.4. The zero-order chi connectivity index (χ0) is 34.3. The lowest BCUT2D eigenvalue weighted by Crippen LogP contribution is -2.52. The van der Waals surface area contributed by atoms with Crippen molar-refractivity contribution in [3.05, 3.63) is 64.7 Å². The third-order valence-corrected chi connectivity index (χ3v) is 7.06. The van der Waals surface area contributed by atoms with E-state index in [0.717, 1.165) is 32.8 Å². The van der Waals surface area contributed by atoms with Crippen molar-refractivity contribution in [1.82, 2.24) is 9.80 Å². The molecule has 1 saturated heterocycles. The van der Waals surface area contributed by atoms with Crippen LogP contribution < -0.4 is 4.90 Å². The van der Waals surface area contributed by atoms with E-state index in [-0.39, 0.29) is 39.4 Å². The van der Waals surface area contributed by atoms with E-state index in [1.165, 1.54) is 0 Å². The van der Waals surface area contributed by atoms with Crippen LogP contribution in [0, 0.1) is 13.8 Å². The Kier molecular flexibility index (Phi) is 12.4. The van der Waals surface area contributed by atoms with Crippen LogP contribution >= 0.6 is 0 Å². The Labute approximate surface area is 265 Å². The first-order valence-electron chi connectivity index (χ1n) is 14.8. The summed E-state index contributed by atoms with van der Waals surface area (Å²) in [5.41, 5.74) is 4.36. The maximum Gasteiger partial charge on any atom is 0.434 e. The van der Waals surface area contributed by atoms with Gasteiger partial charge in [-0.3, -0.25) is 4.90 Å². The molecule has 0 bridgehead atoms. The lowest BCUT2D eigenvalue weighted by molar-refractivity contribution is -0.308. The van der Waals surface area contributed by atoms with Gasteiger partial charge in [0.1, 0.15) is 12.2 Å². The minimum atomic E-state index is -5.78. The Morgan fingerprint density at radius 3 is 2.02 bits per heavy atom. The third kappa shape index (κ3) is 11.7. The number of alkyl halides is 6. The molecule has 1 amide bonds. The molecule has 46 heavy (non-hydrogen) atoms. The van der Waals surface area contributed by atoms with Crippen molar-refractivity contribution in [3.8, 4) is 0 Å². The van der Waals surface area contributed by atoms with Gasteiger partial charge in [-0.15, -0.1) is 0 Å². The van der Waals surface area contributed by atoms with Gasteiger partial charge >= 0.3 is 24.4 Å². The summed E-state index contributed by atoms with van der Waals surface area (Å²) >= 11 is 0. The Morgan fingerprint density at radius 1 is 0.870 bits per heavy atom.